The third-order valence-corrected chi connectivity index (χ3v) is 7.91. The molecular weight excluding hydrogens is 493 g/mol. The van der Waals surface area contributed by atoms with E-state index in [0.717, 1.165) is 4.31 Å². The minimum absolute atomic E-state index is 0.0328. The summed E-state index contributed by atoms with van der Waals surface area (Å²) in [5.74, 6) is -0.136. The van der Waals surface area contributed by atoms with Gasteiger partial charge in [-0.1, -0.05) is 23.7 Å². The number of hydrogen-bond donors (Lipinski definition) is 0. The Bertz CT molecular complexity index is 1280. The van der Waals surface area contributed by atoms with Crippen LogP contribution < -0.4 is 13.9 Å². The molecule has 4 rings (SSSR count). The zero-order chi connectivity index (χ0) is 25.0. The fourth-order valence-electron chi connectivity index (χ4n) is 3.93. The van der Waals surface area contributed by atoms with E-state index in [1.807, 2.05) is 4.90 Å². The maximum atomic E-state index is 14.1. The molecule has 0 aliphatic carbocycles. The molecule has 1 saturated heterocycles. The van der Waals surface area contributed by atoms with Gasteiger partial charge in [0, 0.05) is 31.2 Å². The molecule has 1 heterocycles. The molecule has 0 radical (unpaired) electrons. The summed E-state index contributed by atoms with van der Waals surface area (Å²) in [6.07, 6.45) is 0. The van der Waals surface area contributed by atoms with Crippen molar-refractivity contribution in [2.24, 2.45) is 0 Å². The molecule has 1 aliphatic rings. The molecule has 7 nitrogen and oxygen atoms in total. The molecule has 0 spiro atoms. The van der Waals surface area contributed by atoms with Gasteiger partial charge in [0.15, 0.2) is 0 Å². The number of halogens is 2. The number of para-hydroxylation sites is 1. The number of benzene rings is 3. The zero-order valence-corrected chi connectivity index (χ0v) is 20.7. The third kappa shape index (κ3) is 5.52. The third-order valence-electron chi connectivity index (χ3n) is 5.87. The van der Waals surface area contributed by atoms with Crippen LogP contribution in [0.5, 0.6) is 5.75 Å². The largest absolute Gasteiger partial charge is 0.497 e. The minimum atomic E-state index is -4.06. The van der Waals surface area contributed by atoms with Gasteiger partial charge in [0.05, 0.1) is 23.4 Å². The first-order valence-electron chi connectivity index (χ1n) is 11.0. The number of carbonyl (C=O) groups excluding carboxylic acids is 1. The molecule has 0 aromatic heterocycles. The lowest BCUT2D eigenvalue weighted by molar-refractivity contribution is -0.129. The Balaban J connectivity index is 1.54. The highest BCUT2D eigenvalue weighted by atomic mass is 35.5. The van der Waals surface area contributed by atoms with Crippen molar-refractivity contribution in [3.63, 3.8) is 0 Å². The van der Waals surface area contributed by atoms with E-state index in [2.05, 4.69) is 0 Å². The highest BCUT2D eigenvalue weighted by molar-refractivity contribution is 7.92. The fraction of sp³-hybridized carbons (Fsp3) is 0.240. The van der Waals surface area contributed by atoms with Crippen molar-refractivity contribution in [2.45, 2.75) is 4.90 Å². The monoisotopic (exact) mass is 517 g/mol. The summed E-state index contributed by atoms with van der Waals surface area (Å²) in [6, 6.07) is 18.8. The lowest BCUT2D eigenvalue weighted by Gasteiger charge is -2.37. The van der Waals surface area contributed by atoms with Gasteiger partial charge in [-0.15, -0.1) is 0 Å². The molecule has 184 valence electrons. The smallest absolute Gasteiger partial charge is 0.264 e. The Labute approximate surface area is 209 Å². The second-order valence-electron chi connectivity index (χ2n) is 7.98. The average molecular weight is 518 g/mol. The molecule has 35 heavy (non-hydrogen) atoms. The Morgan fingerprint density at radius 2 is 1.60 bits per heavy atom. The first kappa shape index (κ1) is 24.8. The molecule has 1 aliphatic heterocycles. The second-order valence-corrected chi connectivity index (χ2v) is 10.3. The van der Waals surface area contributed by atoms with E-state index >= 15 is 0 Å². The van der Waals surface area contributed by atoms with Crippen LogP contribution in [0.15, 0.2) is 77.7 Å². The number of piperazine rings is 1. The molecule has 0 atom stereocenters. The van der Waals surface area contributed by atoms with Crippen molar-refractivity contribution in [2.75, 3.05) is 49.0 Å². The van der Waals surface area contributed by atoms with Gasteiger partial charge in [0.25, 0.3) is 10.0 Å². The van der Waals surface area contributed by atoms with Crippen LogP contribution >= 0.6 is 11.6 Å². The summed E-state index contributed by atoms with van der Waals surface area (Å²) in [5.41, 5.74) is 0.813. The highest BCUT2D eigenvalue weighted by Gasteiger charge is 2.30. The molecule has 0 saturated carbocycles. The van der Waals surface area contributed by atoms with Crippen LogP contribution in [0.3, 0.4) is 0 Å². The maximum Gasteiger partial charge on any atom is 0.264 e. The Hall–Kier alpha value is -3.30. The van der Waals surface area contributed by atoms with E-state index < -0.39 is 10.0 Å². The summed E-state index contributed by atoms with van der Waals surface area (Å²) in [7, 11) is -2.56. The van der Waals surface area contributed by atoms with Gasteiger partial charge in [-0.2, -0.15) is 0 Å². The Morgan fingerprint density at radius 3 is 2.20 bits per heavy atom. The van der Waals surface area contributed by atoms with Crippen LogP contribution in [-0.4, -0.2) is 59.1 Å². The topological polar surface area (TPSA) is 70.2 Å². The number of hydrogen-bond acceptors (Lipinski definition) is 5. The average Bonchev–Trinajstić information content (AvgIpc) is 2.88. The predicted octanol–water partition coefficient (Wildman–Crippen LogP) is 4.03. The van der Waals surface area contributed by atoms with Crippen molar-refractivity contribution >= 4 is 38.9 Å². The minimum Gasteiger partial charge on any atom is -0.497 e. The van der Waals surface area contributed by atoms with Gasteiger partial charge in [-0.05, 0) is 60.7 Å². The van der Waals surface area contributed by atoms with Crippen molar-refractivity contribution in [3.8, 4) is 5.75 Å². The maximum absolute atomic E-state index is 14.1. The van der Waals surface area contributed by atoms with E-state index in [1.54, 1.807) is 59.5 Å². The fourth-order valence-corrected chi connectivity index (χ4v) is 5.47. The standard InChI is InChI=1S/C25H25ClFN3O4S/c1-34-21-10-12-22(13-11-21)35(32,33)30(20-8-6-19(26)7-9-20)18-25(31)29-16-14-28(15-17-29)24-5-3-2-4-23(24)27/h2-13H,14-18H2,1H3. The summed E-state index contributed by atoms with van der Waals surface area (Å²) in [6.45, 7) is 1.21. The number of anilines is 2. The number of nitrogens with zero attached hydrogens (tertiary/aromatic N) is 3. The summed E-state index contributed by atoms with van der Waals surface area (Å²) in [5, 5.41) is 0.450. The van der Waals surface area contributed by atoms with Gasteiger partial charge in [-0.3, -0.25) is 9.10 Å². The van der Waals surface area contributed by atoms with Crippen molar-refractivity contribution < 1.29 is 22.3 Å². The SMILES string of the molecule is COc1ccc(S(=O)(=O)N(CC(=O)N2CCN(c3ccccc3F)CC2)c2ccc(Cl)cc2)cc1. The van der Waals surface area contributed by atoms with Crippen LogP contribution in [0, 0.1) is 5.82 Å². The van der Waals surface area contributed by atoms with Gasteiger partial charge in [0.2, 0.25) is 5.91 Å². The normalized spacial score (nSPS) is 14.0. The summed E-state index contributed by atoms with van der Waals surface area (Å²) in [4.78, 5) is 16.7. The first-order chi connectivity index (χ1) is 16.8. The molecule has 1 fully saturated rings. The molecular formula is C25H25ClFN3O4S. The molecule has 0 unspecified atom stereocenters. The van der Waals surface area contributed by atoms with Gasteiger partial charge >= 0.3 is 0 Å². The summed E-state index contributed by atoms with van der Waals surface area (Å²) >= 11 is 6.00. The van der Waals surface area contributed by atoms with Crippen LogP contribution in [0.1, 0.15) is 0 Å². The quantitative estimate of drug-likeness (QED) is 0.473. The van der Waals surface area contributed by atoms with Gasteiger partial charge < -0.3 is 14.5 Å². The van der Waals surface area contributed by atoms with E-state index in [4.69, 9.17) is 16.3 Å². The Kier molecular flexibility index (Phi) is 7.47. The number of sulfonamides is 1. The lowest BCUT2D eigenvalue weighted by atomic mass is 10.2. The van der Waals surface area contributed by atoms with Crippen LogP contribution in [0.25, 0.3) is 0 Å². The van der Waals surface area contributed by atoms with Crippen LogP contribution in [0.2, 0.25) is 5.02 Å². The molecule has 0 bridgehead atoms. The van der Waals surface area contributed by atoms with Crippen molar-refractivity contribution in [1.82, 2.24) is 4.90 Å². The van der Waals surface area contributed by atoms with E-state index in [-0.39, 0.29) is 23.2 Å². The first-order valence-corrected chi connectivity index (χ1v) is 12.8. The molecule has 0 N–H and O–H groups in total. The number of methoxy groups -OCH3 is 1. The van der Waals surface area contributed by atoms with Crippen molar-refractivity contribution in [1.29, 1.82) is 0 Å². The van der Waals surface area contributed by atoms with E-state index in [1.165, 1.54) is 25.3 Å². The predicted molar refractivity (Wildman–Crippen MR) is 134 cm³/mol. The highest BCUT2D eigenvalue weighted by Crippen LogP contribution is 2.27. The van der Waals surface area contributed by atoms with Gasteiger partial charge in [0.1, 0.15) is 18.1 Å². The second kappa shape index (κ2) is 10.5. The lowest BCUT2D eigenvalue weighted by Crippen LogP contribution is -2.52. The zero-order valence-electron chi connectivity index (χ0n) is 19.1. The van der Waals surface area contributed by atoms with Gasteiger partial charge in [-0.25, -0.2) is 12.8 Å². The van der Waals surface area contributed by atoms with Crippen molar-refractivity contribution in [3.05, 3.63) is 83.6 Å². The Morgan fingerprint density at radius 1 is 0.971 bits per heavy atom. The molecule has 10 heteroatoms. The van der Waals surface area contributed by atoms with E-state index in [9.17, 15) is 17.6 Å². The van der Waals surface area contributed by atoms with Crippen LogP contribution in [0.4, 0.5) is 15.8 Å². The number of rotatable bonds is 7. The molecule has 1 amide bonds. The number of amides is 1. The number of ether oxygens (including phenoxy) is 1. The molecule has 3 aromatic carbocycles. The molecule has 3 aromatic rings. The van der Waals surface area contributed by atoms with Crippen LogP contribution in [-0.2, 0) is 14.8 Å². The summed E-state index contributed by atoms with van der Waals surface area (Å²) < 4.78 is 47.4. The number of carbonyl (C=O) groups is 1. The van der Waals surface area contributed by atoms with E-state index in [0.29, 0.717) is 48.3 Å².